The van der Waals surface area contributed by atoms with Crippen LogP contribution in [0.1, 0.15) is 27.0 Å². The average molecular weight is 285 g/mol. The first-order valence-electron chi connectivity index (χ1n) is 6.69. The van der Waals surface area contributed by atoms with Gasteiger partial charge in [0, 0.05) is 11.3 Å². The molecule has 0 aliphatic rings. The van der Waals surface area contributed by atoms with Crippen molar-refractivity contribution < 1.29 is 14.6 Å². The third-order valence-corrected chi connectivity index (χ3v) is 3.45. The van der Waals surface area contributed by atoms with Crippen LogP contribution in [0.3, 0.4) is 0 Å². The van der Waals surface area contributed by atoms with E-state index in [0.29, 0.717) is 5.69 Å². The number of hydrogen-bond donors (Lipinski definition) is 2. The van der Waals surface area contributed by atoms with Crippen molar-refractivity contribution in [3.05, 3.63) is 52.6 Å². The highest BCUT2D eigenvalue weighted by molar-refractivity contribution is 6.06. The van der Waals surface area contributed by atoms with Gasteiger partial charge < -0.3 is 15.2 Å². The lowest BCUT2D eigenvalue weighted by Gasteiger charge is -2.14. The summed E-state index contributed by atoms with van der Waals surface area (Å²) in [5.74, 6) is 0.376. The van der Waals surface area contributed by atoms with Gasteiger partial charge in [0.05, 0.1) is 12.7 Å². The number of carbonyl (C=O) groups excluding carboxylic acids is 1. The summed E-state index contributed by atoms with van der Waals surface area (Å²) in [6.45, 7) is 5.71. The molecule has 4 heteroatoms. The van der Waals surface area contributed by atoms with Gasteiger partial charge in [-0.3, -0.25) is 4.79 Å². The second-order valence-corrected chi connectivity index (χ2v) is 5.06. The molecule has 2 aromatic carbocycles. The second-order valence-electron chi connectivity index (χ2n) is 5.06. The number of ether oxygens (including phenoxy) is 1. The van der Waals surface area contributed by atoms with E-state index in [2.05, 4.69) is 5.32 Å². The molecule has 2 N–H and O–H groups in total. The number of carbonyl (C=O) groups is 1. The average Bonchev–Trinajstić information content (AvgIpc) is 2.45. The highest BCUT2D eigenvalue weighted by Gasteiger charge is 2.14. The van der Waals surface area contributed by atoms with Gasteiger partial charge in [0.1, 0.15) is 11.5 Å². The lowest BCUT2D eigenvalue weighted by atomic mass is 10.1. The summed E-state index contributed by atoms with van der Waals surface area (Å²) in [6.07, 6.45) is 0. The van der Waals surface area contributed by atoms with E-state index in [1.807, 2.05) is 32.9 Å². The second kappa shape index (κ2) is 5.87. The summed E-state index contributed by atoms with van der Waals surface area (Å²) in [4.78, 5) is 12.3. The maximum absolute atomic E-state index is 12.3. The largest absolute Gasteiger partial charge is 0.507 e. The van der Waals surface area contributed by atoms with Crippen LogP contribution in [0.15, 0.2) is 30.3 Å². The number of phenolic OH excluding ortho intramolecular Hbond substituents is 1. The van der Waals surface area contributed by atoms with Gasteiger partial charge in [0.2, 0.25) is 0 Å². The molecule has 0 saturated heterocycles. The van der Waals surface area contributed by atoms with Gasteiger partial charge in [-0.15, -0.1) is 0 Å². The Balaban J connectivity index is 2.34. The Morgan fingerprint density at radius 2 is 1.86 bits per heavy atom. The van der Waals surface area contributed by atoms with Gasteiger partial charge in [-0.05, 0) is 44.5 Å². The highest BCUT2D eigenvalue weighted by Crippen LogP contribution is 2.30. The van der Waals surface area contributed by atoms with Crippen molar-refractivity contribution in [3.63, 3.8) is 0 Å². The third kappa shape index (κ3) is 2.99. The number of hydrogen-bond acceptors (Lipinski definition) is 3. The summed E-state index contributed by atoms with van der Waals surface area (Å²) in [5.41, 5.74) is 3.71. The van der Waals surface area contributed by atoms with Gasteiger partial charge in [-0.1, -0.05) is 17.7 Å². The van der Waals surface area contributed by atoms with Crippen LogP contribution < -0.4 is 10.1 Å². The van der Waals surface area contributed by atoms with E-state index in [-0.39, 0.29) is 17.2 Å². The number of methoxy groups -OCH3 is 1. The van der Waals surface area contributed by atoms with Gasteiger partial charge in [-0.2, -0.15) is 0 Å². The quantitative estimate of drug-likeness (QED) is 0.906. The normalized spacial score (nSPS) is 10.3. The minimum Gasteiger partial charge on any atom is -0.507 e. The molecule has 0 unspecified atom stereocenters. The number of benzene rings is 2. The Bertz CT molecular complexity index is 693. The van der Waals surface area contributed by atoms with Crippen molar-refractivity contribution in [3.8, 4) is 11.5 Å². The molecule has 0 aliphatic carbocycles. The van der Waals surface area contributed by atoms with E-state index < -0.39 is 0 Å². The Labute approximate surface area is 124 Å². The van der Waals surface area contributed by atoms with Crippen LogP contribution in [0, 0.1) is 20.8 Å². The van der Waals surface area contributed by atoms with Crippen molar-refractivity contribution in [2.75, 3.05) is 12.4 Å². The van der Waals surface area contributed by atoms with Crippen molar-refractivity contribution in [1.29, 1.82) is 0 Å². The molecular formula is C17H19NO3. The molecule has 1 amide bonds. The summed E-state index contributed by atoms with van der Waals surface area (Å²) < 4.78 is 5.35. The minimum absolute atomic E-state index is 0.0326. The van der Waals surface area contributed by atoms with E-state index in [1.54, 1.807) is 19.2 Å². The van der Waals surface area contributed by atoms with Crippen LogP contribution in [0.25, 0.3) is 0 Å². The van der Waals surface area contributed by atoms with Crippen molar-refractivity contribution in [2.24, 2.45) is 0 Å². The van der Waals surface area contributed by atoms with Crippen LogP contribution in [0.4, 0.5) is 5.69 Å². The molecule has 0 atom stereocenters. The number of phenols is 1. The lowest BCUT2D eigenvalue weighted by molar-refractivity contribution is 0.102. The van der Waals surface area contributed by atoms with Gasteiger partial charge >= 0.3 is 0 Å². The maximum atomic E-state index is 12.3. The molecule has 0 radical (unpaired) electrons. The Kier molecular flexibility index (Phi) is 4.17. The van der Waals surface area contributed by atoms with Gasteiger partial charge in [0.15, 0.2) is 0 Å². The topological polar surface area (TPSA) is 58.6 Å². The number of aryl methyl sites for hydroxylation is 2. The summed E-state index contributed by atoms with van der Waals surface area (Å²) in [7, 11) is 1.60. The fourth-order valence-corrected chi connectivity index (χ4v) is 2.30. The van der Waals surface area contributed by atoms with E-state index in [9.17, 15) is 9.90 Å². The molecule has 110 valence electrons. The first-order valence-corrected chi connectivity index (χ1v) is 6.69. The summed E-state index contributed by atoms with van der Waals surface area (Å²) in [6, 6.07) is 8.65. The third-order valence-electron chi connectivity index (χ3n) is 3.45. The van der Waals surface area contributed by atoms with Gasteiger partial charge in [-0.25, -0.2) is 0 Å². The molecule has 21 heavy (non-hydrogen) atoms. The standard InChI is InChI=1S/C17H19NO3/c1-10-5-8-15(19)13(9-10)17(20)18-14-7-6-11(2)16(21-4)12(14)3/h5-9,19H,1-4H3,(H,18,20). The summed E-state index contributed by atoms with van der Waals surface area (Å²) >= 11 is 0. The van der Waals surface area contributed by atoms with Crippen molar-refractivity contribution >= 4 is 11.6 Å². The number of amides is 1. The number of anilines is 1. The zero-order valence-corrected chi connectivity index (χ0v) is 12.7. The number of nitrogens with one attached hydrogen (secondary N) is 1. The van der Waals surface area contributed by atoms with Crippen LogP contribution in [-0.4, -0.2) is 18.1 Å². The predicted molar refractivity (Wildman–Crippen MR) is 83.3 cm³/mol. The molecule has 0 bridgehead atoms. The molecule has 2 rings (SSSR count). The number of aromatic hydroxyl groups is 1. The van der Waals surface area contributed by atoms with Crippen LogP contribution >= 0.6 is 0 Å². The maximum Gasteiger partial charge on any atom is 0.259 e. The fourth-order valence-electron chi connectivity index (χ4n) is 2.30. The van der Waals surface area contributed by atoms with E-state index >= 15 is 0 Å². The molecule has 0 saturated carbocycles. The molecule has 4 nitrogen and oxygen atoms in total. The minimum atomic E-state index is -0.342. The van der Waals surface area contributed by atoms with Gasteiger partial charge in [0.25, 0.3) is 5.91 Å². The van der Waals surface area contributed by atoms with Crippen LogP contribution in [0.5, 0.6) is 11.5 Å². The molecule has 0 aromatic heterocycles. The smallest absolute Gasteiger partial charge is 0.259 e. The SMILES string of the molecule is COc1c(C)ccc(NC(=O)c2cc(C)ccc2O)c1C. The molecule has 0 aliphatic heterocycles. The first kappa shape index (κ1) is 14.9. The van der Waals surface area contributed by atoms with Crippen molar-refractivity contribution in [2.45, 2.75) is 20.8 Å². The highest BCUT2D eigenvalue weighted by atomic mass is 16.5. The molecular weight excluding hydrogens is 266 g/mol. The zero-order valence-electron chi connectivity index (χ0n) is 12.7. The first-order chi connectivity index (χ1) is 9.93. The predicted octanol–water partition coefficient (Wildman–Crippen LogP) is 3.58. The Morgan fingerprint density at radius 3 is 2.52 bits per heavy atom. The van der Waals surface area contributed by atoms with E-state index in [4.69, 9.17) is 4.74 Å². The van der Waals surface area contributed by atoms with E-state index in [1.165, 1.54) is 6.07 Å². The van der Waals surface area contributed by atoms with Crippen LogP contribution in [0.2, 0.25) is 0 Å². The van der Waals surface area contributed by atoms with E-state index in [0.717, 1.165) is 22.4 Å². The van der Waals surface area contributed by atoms with Crippen LogP contribution in [-0.2, 0) is 0 Å². The zero-order chi connectivity index (χ0) is 15.6. The molecule has 2 aromatic rings. The lowest BCUT2D eigenvalue weighted by Crippen LogP contribution is -2.13. The molecule has 0 fully saturated rings. The fraction of sp³-hybridized carbons (Fsp3) is 0.235. The summed E-state index contributed by atoms with van der Waals surface area (Å²) in [5, 5.41) is 12.6. The number of rotatable bonds is 3. The Hall–Kier alpha value is -2.49. The molecule has 0 heterocycles. The Morgan fingerprint density at radius 1 is 1.14 bits per heavy atom. The molecule has 0 spiro atoms. The monoisotopic (exact) mass is 285 g/mol. The van der Waals surface area contributed by atoms with Crippen molar-refractivity contribution in [1.82, 2.24) is 0 Å².